The molecule has 0 aliphatic heterocycles. The first-order chi connectivity index (χ1) is 6.77. The van der Waals surface area contributed by atoms with Gasteiger partial charge in [0.15, 0.2) is 0 Å². The van der Waals surface area contributed by atoms with E-state index in [1.807, 2.05) is 19.1 Å². The molecule has 0 aliphatic carbocycles. The monoisotopic (exact) mass is 195 g/mol. The normalized spacial score (nSPS) is 10.2. The van der Waals surface area contributed by atoms with E-state index >= 15 is 0 Å². The maximum Gasteiger partial charge on any atom is 0.130 e. The van der Waals surface area contributed by atoms with E-state index in [4.69, 9.17) is 10.8 Å². The molecule has 0 amide bonds. The molecule has 0 saturated heterocycles. The Balaban J connectivity index is 2.67. The quantitative estimate of drug-likeness (QED) is 0.603. The van der Waals surface area contributed by atoms with Crippen LogP contribution in [0.5, 0.6) is 0 Å². The minimum absolute atomic E-state index is 0.191. The summed E-state index contributed by atoms with van der Waals surface area (Å²) >= 11 is 0. The van der Waals surface area contributed by atoms with Crippen molar-refractivity contribution < 1.29 is 5.11 Å². The summed E-state index contributed by atoms with van der Waals surface area (Å²) in [6.45, 7) is 3.34. The molecule has 14 heavy (non-hydrogen) atoms. The zero-order valence-electron chi connectivity index (χ0n) is 8.45. The first-order valence-corrected chi connectivity index (χ1v) is 4.79. The first kappa shape index (κ1) is 10.9. The van der Waals surface area contributed by atoms with Crippen molar-refractivity contribution >= 4 is 5.82 Å². The minimum Gasteiger partial charge on any atom is -0.396 e. The lowest BCUT2D eigenvalue weighted by Gasteiger charge is -2.09. The molecule has 1 rings (SSSR count). The molecule has 0 radical (unpaired) electrons. The predicted octanol–water partition coefficient (Wildman–Crippen LogP) is 0.643. The number of nitrogens with zero attached hydrogens (tertiary/aromatic N) is 1. The molecule has 4 N–H and O–H groups in total. The lowest BCUT2D eigenvalue weighted by atomic mass is 10.2. The van der Waals surface area contributed by atoms with Gasteiger partial charge in [0.25, 0.3) is 0 Å². The lowest BCUT2D eigenvalue weighted by Crippen LogP contribution is -2.10. The summed E-state index contributed by atoms with van der Waals surface area (Å²) < 4.78 is 0. The van der Waals surface area contributed by atoms with E-state index in [2.05, 4.69) is 10.3 Å². The van der Waals surface area contributed by atoms with Crippen LogP contribution in [0.3, 0.4) is 0 Å². The summed E-state index contributed by atoms with van der Waals surface area (Å²) in [5.74, 6) is 0.834. The Morgan fingerprint density at radius 3 is 2.93 bits per heavy atom. The number of pyridine rings is 1. The molecule has 0 atom stereocenters. The van der Waals surface area contributed by atoms with E-state index in [0.717, 1.165) is 30.0 Å². The van der Waals surface area contributed by atoms with E-state index in [-0.39, 0.29) is 6.61 Å². The third kappa shape index (κ3) is 2.97. The van der Waals surface area contributed by atoms with Crippen LogP contribution in [0, 0.1) is 6.92 Å². The molecule has 0 aromatic carbocycles. The van der Waals surface area contributed by atoms with Crippen molar-refractivity contribution in [1.29, 1.82) is 0 Å². The topological polar surface area (TPSA) is 71.2 Å². The van der Waals surface area contributed by atoms with Gasteiger partial charge >= 0.3 is 0 Å². The Morgan fingerprint density at radius 2 is 2.29 bits per heavy atom. The van der Waals surface area contributed by atoms with Crippen LogP contribution in [-0.4, -0.2) is 23.2 Å². The Morgan fingerprint density at radius 1 is 1.50 bits per heavy atom. The molecular formula is C10H17N3O. The number of hydrogen-bond acceptors (Lipinski definition) is 4. The van der Waals surface area contributed by atoms with Gasteiger partial charge in [0.1, 0.15) is 5.82 Å². The number of nitrogens with two attached hydrogens (primary N) is 1. The van der Waals surface area contributed by atoms with Crippen LogP contribution in [0.2, 0.25) is 0 Å². The number of aryl methyl sites for hydroxylation is 1. The number of rotatable bonds is 5. The van der Waals surface area contributed by atoms with Crippen molar-refractivity contribution in [2.24, 2.45) is 5.73 Å². The molecule has 1 heterocycles. The average Bonchev–Trinajstić information content (AvgIpc) is 2.19. The minimum atomic E-state index is 0.191. The van der Waals surface area contributed by atoms with Gasteiger partial charge in [-0.2, -0.15) is 0 Å². The highest BCUT2D eigenvalue weighted by molar-refractivity contribution is 5.44. The van der Waals surface area contributed by atoms with E-state index in [0.29, 0.717) is 6.54 Å². The molecule has 0 unspecified atom stereocenters. The van der Waals surface area contributed by atoms with Gasteiger partial charge < -0.3 is 16.2 Å². The molecule has 4 heteroatoms. The summed E-state index contributed by atoms with van der Waals surface area (Å²) in [6.07, 6.45) is 0.722. The van der Waals surface area contributed by atoms with Gasteiger partial charge in [-0.15, -0.1) is 0 Å². The van der Waals surface area contributed by atoms with Crippen LogP contribution in [0.4, 0.5) is 5.82 Å². The average molecular weight is 195 g/mol. The zero-order chi connectivity index (χ0) is 10.4. The van der Waals surface area contributed by atoms with E-state index in [1.165, 1.54) is 0 Å². The van der Waals surface area contributed by atoms with Crippen molar-refractivity contribution in [3.05, 3.63) is 23.4 Å². The molecular weight excluding hydrogens is 178 g/mol. The van der Waals surface area contributed by atoms with Crippen molar-refractivity contribution in [1.82, 2.24) is 4.98 Å². The van der Waals surface area contributed by atoms with Gasteiger partial charge in [-0.1, -0.05) is 6.07 Å². The predicted molar refractivity (Wildman–Crippen MR) is 57.1 cm³/mol. The molecule has 0 aliphatic rings. The molecule has 0 fully saturated rings. The Kier molecular flexibility index (Phi) is 4.35. The molecule has 0 saturated carbocycles. The fourth-order valence-electron chi connectivity index (χ4n) is 1.19. The third-order valence-electron chi connectivity index (χ3n) is 1.97. The number of aliphatic hydroxyl groups is 1. The van der Waals surface area contributed by atoms with Gasteiger partial charge in [0.05, 0.1) is 0 Å². The summed E-state index contributed by atoms with van der Waals surface area (Å²) in [4.78, 5) is 4.34. The molecule has 78 valence electrons. The van der Waals surface area contributed by atoms with Crippen LogP contribution in [0.15, 0.2) is 12.1 Å². The van der Waals surface area contributed by atoms with E-state index in [9.17, 15) is 0 Å². The third-order valence-corrected chi connectivity index (χ3v) is 1.97. The van der Waals surface area contributed by atoms with Crippen molar-refractivity contribution in [2.75, 3.05) is 18.5 Å². The smallest absolute Gasteiger partial charge is 0.130 e. The van der Waals surface area contributed by atoms with E-state index in [1.54, 1.807) is 0 Å². The second kappa shape index (κ2) is 5.57. The lowest BCUT2D eigenvalue weighted by molar-refractivity contribution is 0.292. The van der Waals surface area contributed by atoms with Crippen molar-refractivity contribution in [3.8, 4) is 0 Å². The number of anilines is 1. The highest BCUT2D eigenvalue weighted by Gasteiger charge is 2.01. The van der Waals surface area contributed by atoms with Crippen LogP contribution < -0.4 is 11.1 Å². The van der Waals surface area contributed by atoms with Crippen molar-refractivity contribution in [2.45, 2.75) is 19.9 Å². The maximum atomic E-state index is 8.64. The fourth-order valence-corrected chi connectivity index (χ4v) is 1.19. The first-order valence-electron chi connectivity index (χ1n) is 4.79. The summed E-state index contributed by atoms with van der Waals surface area (Å²) in [7, 11) is 0. The van der Waals surface area contributed by atoms with Crippen LogP contribution in [-0.2, 0) is 6.54 Å². The van der Waals surface area contributed by atoms with Crippen LogP contribution in [0.25, 0.3) is 0 Å². The summed E-state index contributed by atoms with van der Waals surface area (Å²) in [6, 6.07) is 3.92. The van der Waals surface area contributed by atoms with Crippen LogP contribution >= 0.6 is 0 Å². The molecule has 0 spiro atoms. The molecule has 1 aromatic heterocycles. The second-order valence-electron chi connectivity index (χ2n) is 3.17. The summed E-state index contributed by atoms with van der Waals surface area (Å²) in [5, 5.41) is 11.8. The standard InChI is InChI=1S/C10H17N3O/c1-8-3-4-9(7-11)10(13-8)12-5-2-6-14/h3-4,14H,2,5-7,11H2,1H3,(H,12,13). The van der Waals surface area contributed by atoms with Crippen molar-refractivity contribution in [3.63, 3.8) is 0 Å². The number of aromatic nitrogens is 1. The Bertz CT molecular complexity index is 289. The van der Waals surface area contributed by atoms with E-state index < -0.39 is 0 Å². The highest BCUT2D eigenvalue weighted by atomic mass is 16.3. The van der Waals surface area contributed by atoms with Gasteiger partial charge in [0, 0.05) is 31.0 Å². The molecule has 0 bridgehead atoms. The highest BCUT2D eigenvalue weighted by Crippen LogP contribution is 2.12. The SMILES string of the molecule is Cc1ccc(CN)c(NCCCO)n1. The number of nitrogens with one attached hydrogen (secondary N) is 1. The van der Waals surface area contributed by atoms with Crippen LogP contribution in [0.1, 0.15) is 17.7 Å². The summed E-state index contributed by atoms with van der Waals surface area (Å²) in [5.41, 5.74) is 7.55. The van der Waals surface area contributed by atoms with Gasteiger partial charge in [0.2, 0.25) is 0 Å². The van der Waals surface area contributed by atoms with Gasteiger partial charge in [-0.25, -0.2) is 4.98 Å². The maximum absolute atomic E-state index is 8.64. The largest absolute Gasteiger partial charge is 0.396 e. The van der Waals surface area contributed by atoms with Gasteiger partial charge in [-0.3, -0.25) is 0 Å². The Labute approximate surface area is 84.2 Å². The fraction of sp³-hybridized carbons (Fsp3) is 0.500. The number of aliphatic hydroxyl groups excluding tert-OH is 1. The zero-order valence-corrected chi connectivity index (χ0v) is 8.45. The molecule has 4 nitrogen and oxygen atoms in total. The number of hydrogen-bond donors (Lipinski definition) is 3. The molecule has 1 aromatic rings. The Hall–Kier alpha value is -1.13. The second-order valence-corrected chi connectivity index (χ2v) is 3.17. The van der Waals surface area contributed by atoms with Gasteiger partial charge in [-0.05, 0) is 19.4 Å².